The molecule has 1 aromatic rings. The van der Waals surface area contributed by atoms with E-state index in [-0.39, 0.29) is 12.5 Å². The van der Waals surface area contributed by atoms with Crippen molar-refractivity contribution in [1.82, 2.24) is 4.90 Å². The van der Waals surface area contributed by atoms with Gasteiger partial charge in [0.15, 0.2) is 11.5 Å². The number of amides is 1. The predicted octanol–water partition coefficient (Wildman–Crippen LogP) is 2.09. The number of rotatable bonds is 6. The Balaban J connectivity index is 2.10. The second-order valence-electron chi connectivity index (χ2n) is 5.58. The molecule has 116 valence electrons. The third kappa shape index (κ3) is 4.36. The SMILES string of the molecule is COCC(=O)N(Cc1ccc2c(c1)OCCO2)CC(C)C. The topological polar surface area (TPSA) is 48.0 Å². The summed E-state index contributed by atoms with van der Waals surface area (Å²) in [6.07, 6.45) is 0. The van der Waals surface area contributed by atoms with E-state index in [4.69, 9.17) is 14.2 Å². The van der Waals surface area contributed by atoms with Gasteiger partial charge in [0.2, 0.25) is 5.91 Å². The van der Waals surface area contributed by atoms with Crippen molar-refractivity contribution in [2.24, 2.45) is 5.92 Å². The third-order valence-corrected chi connectivity index (χ3v) is 3.19. The lowest BCUT2D eigenvalue weighted by molar-refractivity contribution is -0.136. The van der Waals surface area contributed by atoms with E-state index >= 15 is 0 Å². The average molecular weight is 293 g/mol. The first kappa shape index (κ1) is 15.6. The van der Waals surface area contributed by atoms with E-state index < -0.39 is 0 Å². The summed E-state index contributed by atoms with van der Waals surface area (Å²) in [5.74, 6) is 1.93. The zero-order valence-electron chi connectivity index (χ0n) is 12.9. The van der Waals surface area contributed by atoms with Gasteiger partial charge in [0.25, 0.3) is 0 Å². The molecule has 1 aliphatic heterocycles. The van der Waals surface area contributed by atoms with Crippen molar-refractivity contribution in [3.63, 3.8) is 0 Å². The van der Waals surface area contributed by atoms with Crippen LogP contribution in [-0.2, 0) is 16.1 Å². The smallest absolute Gasteiger partial charge is 0.248 e. The van der Waals surface area contributed by atoms with Gasteiger partial charge in [-0.2, -0.15) is 0 Å². The van der Waals surface area contributed by atoms with Crippen molar-refractivity contribution in [1.29, 1.82) is 0 Å². The van der Waals surface area contributed by atoms with Gasteiger partial charge < -0.3 is 19.1 Å². The third-order valence-electron chi connectivity index (χ3n) is 3.19. The minimum atomic E-state index is 0.00101. The van der Waals surface area contributed by atoms with Gasteiger partial charge in [-0.15, -0.1) is 0 Å². The maximum atomic E-state index is 12.1. The fourth-order valence-electron chi connectivity index (χ4n) is 2.32. The summed E-state index contributed by atoms with van der Waals surface area (Å²) in [6.45, 7) is 6.70. The zero-order chi connectivity index (χ0) is 15.2. The van der Waals surface area contributed by atoms with Crippen LogP contribution in [0.1, 0.15) is 19.4 Å². The van der Waals surface area contributed by atoms with Crippen LogP contribution >= 0.6 is 0 Å². The lowest BCUT2D eigenvalue weighted by Gasteiger charge is -2.25. The molecule has 0 spiro atoms. The zero-order valence-corrected chi connectivity index (χ0v) is 12.9. The first-order chi connectivity index (χ1) is 10.1. The van der Waals surface area contributed by atoms with Crippen molar-refractivity contribution in [3.8, 4) is 11.5 Å². The summed E-state index contributed by atoms with van der Waals surface area (Å²) in [5, 5.41) is 0. The summed E-state index contributed by atoms with van der Waals surface area (Å²) in [7, 11) is 1.54. The van der Waals surface area contributed by atoms with Gasteiger partial charge in [0, 0.05) is 20.2 Å². The Morgan fingerprint density at radius 3 is 2.67 bits per heavy atom. The number of hydrogen-bond donors (Lipinski definition) is 0. The molecule has 0 bridgehead atoms. The summed E-state index contributed by atoms with van der Waals surface area (Å²) >= 11 is 0. The van der Waals surface area contributed by atoms with Gasteiger partial charge in [0.05, 0.1) is 0 Å². The van der Waals surface area contributed by atoms with Crippen LogP contribution in [0.5, 0.6) is 11.5 Å². The maximum absolute atomic E-state index is 12.1. The first-order valence-corrected chi connectivity index (χ1v) is 7.25. The van der Waals surface area contributed by atoms with Crippen LogP contribution < -0.4 is 9.47 Å². The highest BCUT2D eigenvalue weighted by Crippen LogP contribution is 2.31. The highest BCUT2D eigenvalue weighted by molar-refractivity contribution is 5.77. The molecule has 0 unspecified atom stereocenters. The lowest BCUT2D eigenvalue weighted by Crippen LogP contribution is -2.36. The van der Waals surface area contributed by atoms with Crippen molar-refractivity contribution in [3.05, 3.63) is 23.8 Å². The molecule has 0 saturated heterocycles. The number of benzene rings is 1. The van der Waals surface area contributed by atoms with E-state index in [9.17, 15) is 4.79 Å². The highest BCUT2D eigenvalue weighted by atomic mass is 16.6. The van der Waals surface area contributed by atoms with Crippen LogP contribution in [0.4, 0.5) is 0 Å². The minimum absolute atomic E-state index is 0.00101. The number of hydrogen-bond acceptors (Lipinski definition) is 4. The maximum Gasteiger partial charge on any atom is 0.248 e. The number of fused-ring (bicyclic) bond motifs is 1. The normalized spacial score (nSPS) is 13.3. The second kappa shape index (κ2) is 7.31. The van der Waals surface area contributed by atoms with E-state index in [0.29, 0.717) is 32.2 Å². The molecule has 0 fully saturated rings. The molecular weight excluding hydrogens is 270 g/mol. The molecule has 1 aliphatic rings. The van der Waals surface area contributed by atoms with E-state index in [0.717, 1.165) is 17.1 Å². The molecule has 0 atom stereocenters. The summed E-state index contributed by atoms with van der Waals surface area (Å²) < 4.78 is 16.0. The molecule has 0 radical (unpaired) electrons. The number of nitrogens with zero attached hydrogens (tertiary/aromatic N) is 1. The second-order valence-corrected chi connectivity index (χ2v) is 5.58. The van der Waals surface area contributed by atoms with Gasteiger partial charge in [0.1, 0.15) is 19.8 Å². The highest BCUT2D eigenvalue weighted by Gasteiger charge is 2.17. The minimum Gasteiger partial charge on any atom is -0.486 e. The molecule has 21 heavy (non-hydrogen) atoms. The molecule has 0 N–H and O–H groups in total. The van der Waals surface area contributed by atoms with Crippen molar-refractivity contribution in [2.75, 3.05) is 33.5 Å². The fraction of sp³-hybridized carbons (Fsp3) is 0.562. The number of ether oxygens (including phenoxy) is 3. The Morgan fingerprint density at radius 2 is 2.00 bits per heavy atom. The number of methoxy groups -OCH3 is 1. The fourth-order valence-corrected chi connectivity index (χ4v) is 2.32. The Kier molecular flexibility index (Phi) is 5.44. The van der Waals surface area contributed by atoms with E-state index in [1.807, 2.05) is 23.1 Å². The molecule has 2 rings (SSSR count). The van der Waals surface area contributed by atoms with Crippen molar-refractivity contribution < 1.29 is 19.0 Å². The van der Waals surface area contributed by atoms with E-state index in [1.165, 1.54) is 7.11 Å². The quantitative estimate of drug-likeness (QED) is 0.806. The molecule has 5 nitrogen and oxygen atoms in total. The molecule has 0 saturated carbocycles. The Morgan fingerprint density at radius 1 is 1.29 bits per heavy atom. The van der Waals surface area contributed by atoms with Crippen molar-refractivity contribution in [2.45, 2.75) is 20.4 Å². The largest absolute Gasteiger partial charge is 0.486 e. The molecule has 5 heteroatoms. The Labute approximate surface area is 125 Å². The van der Waals surface area contributed by atoms with Gasteiger partial charge in [-0.05, 0) is 23.6 Å². The van der Waals surface area contributed by atoms with Crippen LogP contribution in [0, 0.1) is 5.92 Å². The molecule has 1 amide bonds. The molecule has 1 heterocycles. The van der Waals surface area contributed by atoms with E-state index in [2.05, 4.69) is 13.8 Å². The van der Waals surface area contributed by atoms with Crippen LogP contribution in [0.2, 0.25) is 0 Å². The molecule has 0 aromatic heterocycles. The Hall–Kier alpha value is -1.75. The lowest BCUT2D eigenvalue weighted by atomic mass is 10.1. The monoisotopic (exact) mass is 293 g/mol. The first-order valence-electron chi connectivity index (χ1n) is 7.25. The molecule has 1 aromatic carbocycles. The number of carbonyl (C=O) groups excluding carboxylic acids is 1. The standard InChI is InChI=1S/C16H23NO4/c1-12(2)9-17(16(18)11-19-3)10-13-4-5-14-15(8-13)21-7-6-20-14/h4-5,8,12H,6-7,9-11H2,1-3H3. The van der Waals surface area contributed by atoms with Crippen LogP contribution in [0.3, 0.4) is 0 Å². The van der Waals surface area contributed by atoms with Gasteiger partial charge in [-0.25, -0.2) is 0 Å². The summed E-state index contributed by atoms with van der Waals surface area (Å²) in [4.78, 5) is 13.9. The average Bonchev–Trinajstić information content (AvgIpc) is 2.46. The summed E-state index contributed by atoms with van der Waals surface area (Å²) in [5.41, 5.74) is 1.03. The predicted molar refractivity (Wildman–Crippen MR) is 79.6 cm³/mol. The van der Waals surface area contributed by atoms with Gasteiger partial charge in [-0.1, -0.05) is 19.9 Å². The van der Waals surface area contributed by atoms with Crippen molar-refractivity contribution >= 4 is 5.91 Å². The van der Waals surface area contributed by atoms with Gasteiger partial charge in [-0.3, -0.25) is 4.79 Å². The Bertz CT molecular complexity index is 487. The van der Waals surface area contributed by atoms with Crippen LogP contribution in [0.25, 0.3) is 0 Å². The molecule has 0 aliphatic carbocycles. The number of carbonyl (C=O) groups is 1. The molecular formula is C16H23NO4. The van der Waals surface area contributed by atoms with E-state index in [1.54, 1.807) is 0 Å². The summed E-state index contributed by atoms with van der Waals surface area (Å²) in [6, 6.07) is 5.82. The van der Waals surface area contributed by atoms with Gasteiger partial charge >= 0.3 is 0 Å². The van der Waals surface area contributed by atoms with Crippen LogP contribution in [0.15, 0.2) is 18.2 Å². The van der Waals surface area contributed by atoms with Crippen LogP contribution in [-0.4, -0.2) is 44.3 Å².